The molecular weight excluding hydrogens is 206 g/mol. The molecule has 0 amide bonds. The Morgan fingerprint density at radius 3 is 2.60 bits per heavy atom. The van der Waals surface area contributed by atoms with Gasteiger partial charge in [0.1, 0.15) is 0 Å². The van der Waals surface area contributed by atoms with Gasteiger partial charge in [-0.25, -0.2) is 4.98 Å². The molecule has 0 spiro atoms. The van der Waals surface area contributed by atoms with E-state index in [1.165, 1.54) is 5.56 Å². The van der Waals surface area contributed by atoms with E-state index in [4.69, 9.17) is 0 Å². The minimum absolute atomic E-state index is 0.304. The fourth-order valence-corrected chi connectivity index (χ4v) is 2.13. The monoisotopic (exact) mass is 218 g/mol. The first-order valence-corrected chi connectivity index (χ1v) is 5.71. The molecule has 0 bridgehead atoms. The van der Waals surface area contributed by atoms with Crippen LogP contribution >= 0.6 is 11.8 Å². The summed E-state index contributed by atoms with van der Waals surface area (Å²) < 4.78 is 0. The zero-order valence-corrected chi connectivity index (χ0v) is 9.00. The number of hydrogen-bond donors (Lipinski definition) is 1. The molecule has 1 heterocycles. The molecule has 2 aromatic rings. The maximum absolute atomic E-state index is 9.54. The lowest BCUT2D eigenvalue weighted by Crippen LogP contribution is -2.03. The Balaban J connectivity index is 2.03. The van der Waals surface area contributed by atoms with Crippen molar-refractivity contribution < 1.29 is 10.1 Å². The van der Waals surface area contributed by atoms with Gasteiger partial charge in [-0.15, -0.1) is 0 Å². The maximum atomic E-state index is 9.54. The van der Waals surface area contributed by atoms with Crippen molar-refractivity contribution in [1.29, 1.82) is 0 Å². The van der Waals surface area contributed by atoms with E-state index in [1.54, 1.807) is 23.9 Å². The van der Waals surface area contributed by atoms with Crippen LogP contribution in [0.25, 0.3) is 0 Å². The third-order valence-corrected chi connectivity index (χ3v) is 3.12. The highest BCUT2D eigenvalue weighted by Crippen LogP contribution is 2.25. The molecule has 1 aromatic carbocycles. The smallest absolute Gasteiger partial charge is 0.280 e. The minimum Gasteiger partial charge on any atom is -0.502 e. The lowest BCUT2D eigenvalue weighted by molar-refractivity contribution is -0.428. The predicted molar refractivity (Wildman–Crippen MR) is 60.7 cm³/mol. The summed E-state index contributed by atoms with van der Waals surface area (Å²) >= 11 is 1.59. The van der Waals surface area contributed by atoms with E-state index in [9.17, 15) is 5.11 Å². The van der Waals surface area contributed by atoms with Crippen LogP contribution in [0.1, 0.15) is 5.56 Å². The Kier molecular flexibility index (Phi) is 3.25. The van der Waals surface area contributed by atoms with Crippen molar-refractivity contribution in [2.45, 2.75) is 10.8 Å². The van der Waals surface area contributed by atoms with Crippen LogP contribution in [-0.4, -0.2) is 5.11 Å². The number of nitrogens with one attached hydrogen (secondary N) is 1. The van der Waals surface area contributed by atoms with Gasteiger partial charge in [-0.2, -0.15) is 0 Å². The van der Waals surface area contributed by atoms with Crippen LogP contribution in [0.2, 0.25) is 0 Å². The molecule has 3 heteroatoms. The van der Waals surface area contributed by atoms with Crippen molar-refractivity contribution in [2.75, 3.05) is 0 Å². The van der Waals surface area contributed by atoms with Gasteiger partial charge in [-0.3, -0.25) is 0 Å². The average molecular weight is 218 g/mol. The number of aromatic hydroxyl groups is 1. The lowest BCUT2D eigenvalue weighted by Gasteiger charge is -1.98. The summed E-state index contributed by atoms with van der Waals surface area (Å²) in [5, 5.41) is 10.3. The second kappa shape index (κ2) is 4.84. The summed E-state index contributed by atoms with van der Waals surface area (Å²) in [4.78, 5) is 3.02. The quantitative estimate of drug-likeness (QED) is 0.803. The van der Waals surface area contributed by atoms with Gasteiger partial charge in [0.15, 0.2) is 11.9 Å². The first-order valence-electron chi connectivity index (χ1n) is 4.72. The van der Waals surface area contributed by atoms with Crippen molar-refractivity contribution in [3.05, 3.63) is 54.2 Å². The van der Waals surface area contributed by atoms with Crippen LogP contribution < -0.4 is 4.98 Å². The topological polar surface area (TPSA) is 34.4 Å². The molecule has 0 radical (unpaired) electrons. The van der Waals surface area contributed by atoms with Crippen molar-refractivity contribution in [3.63, 3.8) is 0 Å². The number of thioether (sulfide) groups is 1. The van der Waals surface area contributed by atoms with Gasteiger partial charge in [-0.1, -0.05) is 30.3 Å². The van der Waals surface area contributed by atoms with Crippen molar-refractivity contribution in [2.24, 2.45) is 0 Å². The van der Waals surface area contributed by atoms with E-state index in [-0.39, 0.29) is 0 Å². The zero-order chi connectivity index (χ0) is 10.5. The molecule has 0 unspecified atom stereocenters. The fraction of sp³-hybridized carbons (Fsp3) is 0.0833. The van der Waals surface area contributed by atoms with Crippen LogP contribution in [0, 0.1) is 0 Å². The third kappa shape index (κ3) is 2.73. The fourth-order valence-electron chi connectivity index (χ4n) is 1.26. The van der Waals surface area contributed by atoms with Crippen molar-refractivity contribution >= 4 is 11.8 Å². The molecule has 2 N–H and O–H groups in total. The first-order chi connectivity index (χ1) is 7.36. The van der Waals surface area contributed by atoms with E-state index >= 15 is 0 Å². The second-order valence-corrected chi connectivity index (χ2v) is 4.14. The molecule has 2 rings (SSSR count). The van der Waals surface area contributed by atoms with E-state index in [0.717, 1.165) is 10.8 Å². The number of benzene rings is 1. The summed E-state index contributed by atoms with van der Waals surface area (Å²) in [6.45, 7) is 0. The van der Waals surface area contributed by atoms with E-state index in [1.807, 2.05) is 24.4 Å². The molecule has 0 atom stereocenters. The van der Waals surface area contributed by atoms with Crippen LogP contribution in [0.3, 0.4) is 0 Å². The summed E-state index contributed by atoms with van der Waals surface area (Å²) in [5.41, 5.74) is 1.25. The van der Waals surface area contributed by atoms with Crippen molar-refractivity contribution in [1.82, 2.24) is 0 Å². The highest BCUT2D eigenvalue weighted by atomic mass is 32.2. The van der Waals surface area contributed by atoms with Crippen LogP contribution in [-0.2, 0) is 5.75 Å². The Labute approximate surface area is 93.0 Å². The Morgan fingerprint density at radius 2 is 1.87 bits per heavy atom. The number of aromatic nitrogens is 1. The molecule has 0 aliphatic carbocycles. The largest absolute Gasteiger partial charge is 0.502 e. The van der Waals surface area contributed by atoms with Gasteiger partial charge in [0.2, 0.25) is 0 Å². The Hall–Kier alpha value is -1.48. The standard InChI is InChI=1S/C12H11NOS/c14-11-7-4-8-13-12(11)15-9-10-5-2-1-3-6-10/h1-8,14H,9H2/p+1. The van der Waals surface area contributed by atoms with Gasteiger partial charge < -0.3 is 5.11 Å². The van der Waals surface area contributed by atoms with E-state index in [0.29, 0.717) is 5.75 Å². The second-order valence-electron chi connectivity index (χ2n) is 3.16. The van der Waals surface area contributed by atoms with Gasteiger partial charge in [0.05, 0.1) is 0 Å². The molecule has 15 heavy (non-hydrogen) atoms. The molecule has 0 saturated carbocycles. The van der Waals surface area contributed by atoms with E-state index in [2.05, 4.69) is 17.1 Å². The first kappa shape index (κ1) is 10.1. The number of H-pyrrole nitrogens is 1. The molecule has 76 valence electrons. The maximum Gasteiger partial charge on any atom is 0.280 e. The minimum atomic E-state index is 0.304. The van der Waals surface area contributed by atoms with Gasteiger partial charge >= 0.3 is 0 Å². The molecule has 0 saturated heterocycles. The van der Waals surface area contributed by atoms with E-state index < -0.39 is 0 Å². The number of hydrogen-bond acceptors (Lipinski definition) is 2. The summed E-state index contributed by atoms with van der Waals surface area (Å²) in [6, 6.07) is 13.7. The van der Waals surface area contributed by atoms with Crippen LogP contribution in [0.4, 0.5) is 0 Å². The normalized spacial score (nSPS) is 10.1. The molecule has 1 aromatic heterocycles. The zero-order valence-electron chi connectivity index (χ0n) is 8.18. The molecular formula is C12H12NOS+. The Morgan fingerprint density at radius 1 is 1.07 bits per heavy atom. The molecule has 0 aliphatic heterocycles. The molecule has 2 nitrogen and oxygen atoms in total. The summed E-state index contributed by atoms with van der Waals surface area (Å²) in [7, 11) is 0. The number of pyridine rings is 1. The molecule has 0 aliphatic rings. The predicted octanol–water partition coefficient (Wildman–Crippen LogP) is 2.50. The highest BCUT2D eigenvalue weighted by molar-refractivity contribution is 7.98. The van der Waals surface area contributed by atoms with Crippen LogP contribution in [0.5, 0.6) is 5.75 Å². The number of rotatable bonds is 3. The summed E-state index contributed by atoms with van der Waals surface area (Å²) in [5.74, 6) is 1.16. The lowest BCUT2D eigenvalue weighted by atomic mass is 10.2. The number of aromatic amines is 1. The molecule has 0 fully saturated rings. The van der Waals surface area contributed by atoms with Crippen LogP contribution in [0.15, 0.2) is 53.7 Å². The van der Waals surface area contributed by atoms with Gasteiger partial charge in [0, 0.05) is 11.8 Å². The van der Waals surface area contributed by atoms with Crippen molar-refractivity contribution in [3.8, 4) is 5.75 Å². The third-order valence-electron chi connectivity index (χ3n) is 2.02. The highest BCUT2D eigenvalue weighted by Gasteiger charge is 2.07. The van der Waals surface area contributed by atoms with Gasteiger partial charge in [0.25, 0.3) is 5.03 Å². The average Bonchev–Trinajstić information content (AvgIpc) is 2.29. The summed E-state index contributed by atoms with van der Waals surface area (Å²) in [6.07, 6.45) is 1.81. The van der Waals surface area contributed by atoms with Gasteiger partial charge in [-0.05, 0) is 23.4 Å². The SMILES string of the molecule is Oc1ccc[nH+]c1SCc1ccccc1. The Bertz CT molecular complexity index is 431.